The van der Waals surface area contributed by atoms with Crippen LogP contribution in [0.25, 0.3) is 22.0 Å². The zero-order chi connectivity index (χ0) is 15.7. The second kappa shape index (κ2) is 5.85. The number of hydrogen-bond acceptors (Lipinski definition) is 4. The van der Waals surface area contributed by atoms with Crippen LogP contribution in [0.1, 0.15) is 0 Å². The lowest BCUT2D eigenvalue weighted by atomic mass is 9.98. The third-order valence-corrected chi connectivity index (χ3v) is 4.14. The van der Waals surface area contributed by atoms with E-state index in [2.05, 4.69) is 20.9 Å². The fraction of sp³-hybridized carbons (Fsp3) is 0.118. The molecule has 0 saturated heterocycles. The minimum absolute atomic E-state index is 0.683. The SMILES string of the molecule is COc1ccc(N)c(-c2cc(Br)c(OC)c3ncccc23)c1. The summed E-state index contributed by atoms with van der Waals surface area (Å²) in [6.45, 7) is 0. The lowest BCUT2D eigenvalue weighted by Gasteiger charge is -2.14. The molecule has 0 amide bonds. The first-order chi connectivity index (χ1) is 10.7. The minimum Gasteiger partial charge on any atom is -0.497 e. The van der Waals surface area contributed by atoms with Crippen molar-refractivity contribution in [1.82, 2.24) is 4.98 Å². The van der Waals surface area contributed by atoms with Crippen molar-refractivity contribution in [2.45, 2.75) is 0 Å². The van der Waals surface area contributed by atoms with E-state index < -0.39 is 0 Å². The van der Waals surface area contributed by atoms with Crippen LogP contribution < -0.4 is 15.2 Å². The van der Waals surface area contributed by atoms with Gasteiger partial charge in [0.15, 0.2) is 5.75 Å². The molecule has 0 bridgehead atoms. The van der Waals surface area contributed by atoms with Crippen LogP contribution in [0.3, 0.4) is 0 Å². The summed E-state index contributed by atoms with van der Waals surface area (Å²) in [5.41, 5.74) is 9.52. The first-order valence-corrected chi connectivity index (χ1v) is 7.50. The summed E-state index contributed by atoms with van der Waals surface area (Å²) in [6, 6.07) is 11.5. The fourth-order valence-corrected chi connectivity index (χ4v) is 3.08. The summed E-state index contributed by atoms with van der Waals surface area (Å²) in [5.74, 6) is 1.47. The first-order valence-electron chi connectivity index (χ1n) is 6.70. The molecule has 2 N–H and O–H groups in total. The molecular formula is C17H15BrN2O2. The number of benzene rings is 2. The minimum atomic E-state index is 0.683. The third kappa shape index (κ3) is 2.37. The molecule has 0 aliphatic rings. The Morgan fingerprint density at radius 3 is 2.59 bits per heavy atom. The molecule has 0 atom stereocenters. The largest absolute Gasteiger partial charge is 0.497 e. The van der Waals surface area contributed by atoms with Gasteiger partial charge in [0, 0.05) is 22.8 Å². The van der Waals surface area contributed by atoms with Gasteiger partial charge < -0.3 is 15.2 Å². The summed E-state index contributed by atoms with van der Waals surface area (Å²) in [4.78, 5) is 4.44. The van der Waals surface area contributed by atoms with Crippen molar-refractivity contribution in [3.63, 3.8) is 0 Å². The van der Waals surface area contributed by atoms with E-state index in [4.69, 9.17) is 15.2 Å². The van der Waals surface area contributed by atoms with Gasteiger partial charge in [0.1, 0.15) is 11.3 Å². The van der Waals surface area contributed by atoms with Crippen molar-refractivity contribution >= 4 is 32.5 Å². The van der Waals surface area contributed by atoms with Crippen LogP contribution in [0.4, 0.5) is 5.69 Å². The topological polar surface area (TPSA) is 57.4 Å². The number of nitrogens with two attached hydrogens (primary N) is 1. The first kappa shape index (κ1) is 14.7. The molecule has 1 heterocycles. The Hall–Kier alpha value is -2.27. The molecule has 5 heteroatoms. The summed E-state index contributed by atoms with van der Waals surface area (Å²) in [7, 11) is 3.27. The maximum atomic E-state index is 6.17. The lowest BCUT2D eigenvalue weighted by molar-refractivity contribution is 0.415. The van der Waals surface area contributed by atoms with Gasteiger partial charge in [-0.2, -0.15) is 0 Å². The van der Waals surface area contributed by atoms with Gasteiger partial charge in [0.2, 0.25) is 0 Å². The third-order valence-electron chi connectivity index (χ3n) is 3.56. The standard InChI is InChI=1S/C17H15BrN2O2/c1-21-10-5-6-15(19)13(8-10)12-9-14(18)17(22-2)16-11(12)4-3-7-20-16/h3-9H,19H2,1-2H3. The number of nitrogen functional groups attached to an aromatic ring is 1. The van der Waals surface area contributed by atoms with Gasteiger partial charge in [-0.15, -0.1) is 0 Å². The van der Waals surface area contributed by atoms with Gasteiger partial charge in [-0.1, -0.05) is 6.07 Å². The second-order valence-electron chi connectivity index (χ2n) is 4.79. The highest BCUT2D eigenvalue weighted by atomic mass is 79.9. The van der Waals surface area contributed by atoms with E-state index in [1.165, 1.54) is 0 Å². The monoisotopic (exact) mass is 358 g/mol. The van der Waals surface area contributed by atoms with Crippen molar-refractivity contribution in [2.24, 2.45) is 0 Å². The molecule has 0 spiro atoms. The van der Waals surface area contributed by atoms with Crippen LogP contribution in [-0.4, -0.2) is 19.2 Å². The van der Waals surface area contributed by atoms with E-state index in [1.54, 1.807) is 20.4 Å². The predicted octanol–water partition coefficient (Wildman–Crippen LogP) is 4.26. The van der Waals surface area contributed by atoms with Gasteiger partial charge in [-0.05, 0) is 51.8 Å². The van der Waals surface area contributed by atoms with Gasteiger partial charge in [-0.25, -0.2) is 0 Å². The van der Waals surface area contributed by atoms with Gasteiger partial charge in [0.05, 0.1) is 18.7 Å². The molecule has 0 unspecified atom stereocenters. The molecule has 0 aliphatic carbocycles. The zero-order valence-corrected chi connectivity index (χ0v) is 13.8. The Morgan fingerprint density at radius 2 is 1.86 bits per heavy atom. The highest BCUT2D eigenvalue weighted by molar-refractivity contribution is 9.10. The van der Waals surface area contributed by atoms with Crippen LogP contribution in [0.15, 0.2) is 47.1 Å². The van der Waals surface area contributed by atoms with Crippen LogP contribution >= 0.6 is 15.9 Å². The molecule has 3 aromatic rings. The molecule has 0 radical (unpaired) electrons. The molecule has 1 aromatic heterocycles. The summed E-state index contributed by atoms with van der Waals surface area (Å²) in [6.07, 6.45) is 1.75. The van der Waals surface area contributed by atoms with Gasteiger partial charge in [-0.3, -0.25) is 4.98 Å². The lowest BCUT2D eigenvalue weighted by Crippen LogP contribution is -1.95. The molecular weight excluding hydrogens is 344 g/mol. The van der Waals surface area contributed by atoms with Crippen molar-refractivity contribution in [1.29, 1.82) is 0 Å². The van der Waals surface area contributed by atoms with Gasteiger partial charge >= 0.3 is 0 Å². The number of nitrogens with zero attached hydrogens (tertiary/aromatic N) is 1. The van der Waals surface area contributed by atoms with E-state index in [0.717, 1.165) is 32.3 Å². The smallest absolute Gasteiger partial charge is 0.159 e. The predicted molar refractivity (Wildman–Crippen MR) is 92.4 cm³/mol. The highest BCUT2D eigenvalue weighted by Gasteiger charge is 2.15. The van der Waals surface area contributed by atoms with E-state index in [-0.39, 0.29) is 0 Å². The number of hydrogen-bond donors (Lipinski definition) is 1. The van der Waals surface area contributed by atoms with E-state index in [1.807, 2.05) is 36.4 Å². The number of fused-ring (bicyclic) bond motifs is 1. The Labute approximate surface area is 137 Å². The molecule has 2 aromatic carbocycles. The van der Waals surface area contributed by atoms with E-state index in [9.17, 15) is 0 Å². The summed E-state index contributed by atoms with van der Waals surface area (Å²) >= 11 is 3.55. The van der Waals surface area contributed by atoms with Crippen molar-refractivity contribution in [3.8, 4) is 22.6 Å². The number of methoxy groups -OCH3 is 2. The normalized spacial score (nSPS) is 10.7. The number of pyridine rings is 1. The van der Waals surface area contributed by atoms with Crippen molar-refractivity contribution in [3.05, 3.63) is 47.1 Å². The zero-order valence-electron chi connectivity index (χ0n) is 12.3. The van der Waals surface area contributed by atoms with Crippen LogP contribution in [0.5, 0.6) is 11.5 Å². The molecule has 0 saturated carbocycles. The van der Waals surface area contributed by atoms with Gasteiger partial charge in [0.25, 0.3) is 0 Å². The van der Waals surface area contributed by atoms with E-state index in [0.29, 0.717) is 11.4 Å². The molecule has 3 rings (SSSR count). The van der Waals surface area contributed by atoms with Crippen molar-refractivity contribution in [2.75, 3.05) is 20.0 Å². The summed E-state index contributed by atoms with van der Waals surface area (Å²) < 4.78 is 11.6. The number of rotatable bonds is 3. The van der Waals surface area contributed by atoms with Crippen molar-refractivity contribution < 1.29 is 9.47 Å². The maximum absolute atomic E-state index is 6.17. The molecule has 4 nitrogen and oxygen atoms in total. The molecule has 22 heavy (non-hydrogen) atoms. The molecule has 0 aliphatic heterocycles. The number of halogens is 1. The molecule has 112 valence electrons. The van der Waals surface area contributed by atoms with E-state index >= 15 is 0 Å². The number of ether oxygens (including phenoxy) is 2. The van der Waals surface area contributed by atoms with Crippen LogP contribution in [-0.2, 0) is 0 Å². The average molecular weight is 359 g/mol. The fourth-order valence-electron chi connectivity index (χ4n) is 2.50. The Balaban J connectivity index is 2.37. The quantitative estimate of drug-likeness (QED) is 0.710. The highest BCUT2D eigenvalue weighted by Crippen LogP contribution is 2.41. The number of anilines is 1. The molecule has 0 fully saturated rings. The number of aromatic nitrogens is 1. The Morgan fingerprint density at radius 1 is 1.05 bits per heavy atom. The maximum Gasteiger partial charge on any atom is 0.159 e. The Bertz CT molecular complexity index is 849. The summed E-state index contributed by atoms with van der Waals surface area (Å²) in [5, 5.41) is 0.975. The second-order valence-corrected chi connectivity index (χ2v) is 5.65. The van der Waals surface area contributed by atoms with Crippen LogP contribution in [0, 0.1) is 0 Å². The Kier molecular flexibility index (Phi) is 3.90. The van der Waals surface area contributed by atoms with Crippen LogP contribution in [0.2, 0.25) is 0 Å². The average Bonchev–Trinajstić information content (AvgIpc) is 2.55.